The maximum atomic E-state index is 3.86. The molecule has 18 heavy (non-hydrogen) atoms. The molecular weight excluding hydrogens is 218 g/mol. The van der Waals surface area contributed by atoms with Crippen molar-refractivity contribution in [2.75, 3.05) is 7.05 Å². The standard InChI is InChI=1S/C17H29N/c1-8-11-12-14-15(17(4,5)6)16(13-9-2)18(7)10-3/h10,13,15H,3,8-9,11H2,1-2,4-7H3/b16-13-. The maximum absolute atomic E-state index is 3.86. The van der Waals surface area contributed by atoms with Gasteiger partial charge in [-0.2, -0.15) is 0 Å². The molecule has 0 heterocycles. The lowest BCUT2D eigenvalue weighted by Gasteiger charge is -2.33. The lowest BCUT2D eigenvalue weighted by molar-refractivity contribution is 0.299. The summed E-state index contributed by atoms with van der Waals surface area (Å²) >= 11 is 0. The number of allylic oxidation sites excluding steroid dienone is 2. The molecule has 0 rings (SSSR count). The predicted octanol–water partition coefficient (Wildman–Crippen LogP) is 4.82. The van der Waals surface area contributed by atoms with Crippen molar-refractivity contribution < 1.29 is 0 Å². The van der Waals surface area contributed by atoms with Gasteiger partial charge < -0.3 is 4.90 Å². The molecule has 1 heteroatoms. The van der Waals surface area contributed by atoms with Gasteiger partial charge in [-0.15, -0.1) is 5.92 Å². The summed E-state index contributed by atoms with van der Waals surface area (Å²) < 4.78 is 0. The van der Waals surface area contributed by atoms with Crippen LogP contribution in [0.2, 0.25) is 0 Å². The van der Waals surface area contributed by atoms with E-state index in [1.54, 1.807) is 0 Å². The third kappa shape index (κ3) is 5.45. The summed E-state index contributed by atoms with van der Waals surface area (Å²) in [4.78, 5) is 2.10. The van der Waals surface area contributed by atoms with Crippen LogP contribution in [0.15, 0.2) is 24.6 Å². The molecule has 0 aliphatic rings. The molecule has 0 fully saturated rings. The highest BCUT2D eigenvalue weighted by molar-refractivity contribution is 5.23. The van der Waals surface area contributed by atoms with Gasteiger partial charge in [0.15, 0.2) is 0 Å². The SMILES string of the molecule is C=CN(C)/C(=C\CC)C(C#CCCC)C(C)(C)C. The van der Waals surface area contributed by atoms with E-state index in [0.717, 1.165) is 19.3 Å². The molecule has 0 aromatic heterocycles. The van der Waals surface area contributed by atoms with Gasteiger partial charge in [-0.25, -0.2) is 0 Å². The van der Waals surface area contributed by atoms with Gasteiger partial charge >= 0.3 is 0 Å². The summed E-state index contributed by atoms with van der Waals surface area (Å²) in [5.41, 5.74) is 1.41. The number of rotatable bonds is 5. The second-order valence-electron chi connectivity index (χ2n) is 5.70. The first-order valence-corrected chi connectivity index (χ1v) is 6.92. The average molecular weight is 247 g/mol. The molecule has 0 aliphatic carbocycles. The fraction of sp³-hybridized carbons (Fsp3) is 0.647. The van der Waals surface area contributed by atoms with E-state index in [9.17, 15) is 0 Å². The van der Waals surface area contributed by atoms with Crippen LogP contribution >= 0.6 is 0 Å². The molecule has 0 saturated heterocycles. The summed E-state index contributed by atoms with van der Waals surface area (Å²) in [6.45, 7) is 14.9. The molecule has 0 saturated carbocycles. The summed E-state index contributed by atoms with van der Waals surface area (Å²) in [6, 6.07) is 0. The zero-order valence-electron chi connectivity index (χ0n) is 13.0. The summed E-state index contributed by atoms with van der Waals surface area (Å²) in [7, 11) is 2.05. The molecule has 0 aliphatic heterocycles. The second kappa shape index (κ2) is 8.03. The third-order valence-corrected chi connectivity index (χ3v) is 2.88. The fourth-order valence-electron chi connectivity index (χ4n) is 1.81. The van der Waals surface area contributed by atoms with Crippen molar-refractivity contribution in [1.82, 2.24) is 4.90 Å². The molecule has 0 aromatic rings. The van der Waals surface area contributed by atoms with Crippen molar-refractivity contribution in [1.29, 1.82) is 0 Å². The lowest BCUT2D eigenvalue weighted by Crippen LogP contribution is -2.28. The molecular formula is C17H29N. The van der Waals surface area contributed by atoms with Gasteiger partial charge in [-0.1, -0.05) is 53.2 Å². The molecule has 1 unspecified atom stereocenters. The first-order chi connectivity index (χ1) is 8.38. The van der Waals surface area contributed by atoms with Gasteiger partial charge in [0.05, 0.1) is 5.92 Å². The first kappa shape index (κ1) is 16.8. The Hall–Kier alpha value is -1.16. The fourth-order valence-corrected chi connectivity index (χ4v) is 1.81. The quantitative estimate of drug-likeness (QED) is 0.629. The van der Waals surface area contributed by atoms with Crippen LogP contribution in [0.1, 0.15) is 53.9 Å². The summed E-state index contributed by atoms with van der Waals surface area (Å²) in [5.74, 6) is 7.02. The van der Waals surface area contributed by atoms with Crippen molar-refractivity contribution >= 4 is 0 Å². The summed E-state index contributed by atoms with van der Waals surface area (Å²) in [5, 5.41) is 0. The second-order valence-corrected chi connectivity index (χ2v) is 5.70. The van der Waals surface area contributed by atoms with E-state index in [1.807, 2.05) is 6.20 Å². The van der Waals surface area contributed by atoms with Crippen molar-refractivity contribution in [3.63, 3.8) is 0 Å². The molecule has 1 nitrogen and oxygen atoms in total. The number of hydrogen-bond donors (Lipinski definition) is 0. The smallest absolute Gasteiger partial charge is 0.0649 e. The Bertz CT molecular complexity index is 333. The number of hydrogen-bond acceptors (Lipinski definition) is 1. The minimum absolute atomic E-state index is 0.138. The molecule has 1 atom stereocenters. The Balaban J connectivity index is 5.34. The van der Waals surface area contributed by atoms with Crippen LogP contribution in [0, 0.1) is 23.2 Å². The highest BCUT2D eigenvalue weighted by Gasteiger charge is 2.27. The average Bonchev–Trinajstić information content (AvgIpc) is 2.30. The molecule has 0 N–H and O–H groups in total. The molecule has 0 radical (unpaired) electrons. The minimum Gasteiger partial charge on any atom is -0.354 e. The normalized spacial score (nSPS) is 13.6. The Kier molecular flexibility index (Phi) is 7.51. The van der Waals surface area contributed by atoms with E-state index in [-0.39, 0.29) is 11.3 Å². The lowest BCUT2D eigenvalue weighted by atomic mass is 9.78. The molecule has 0 amide bonds. The molecule has 0 bridgehead atoms. The van der Waals surface area contributed by atoms with Crippen LogP contribution in [0.3, 0.4) is 0 Å². The maximum Gasteiger partial charge on any atom is 0.0649 e. The van der Waals surface area contributed by atoms with Crippen molar-refractivity contribution in [3.8, 4) is 11.8 Å². The van der Waals surface area contributed by atoms with Crippen LogP contribution in [0.25, 0.3) is 0 Å². The van der Waals surface area contributed by atoms with Gasteiger partial charge in [0.2, 0.25) is 0 Å². The largest absolute Gasteiger partial charge is 0.354 e. The zero-order valence-corrected chi connectivity index (χ0v) is 13.0. The molecule has 0 aromatic carbocycles. The van der Waals surface area contributed by atoms with Gasteiger partial charge in [0.1, 0.15) is 0 Å². The van der Waals surface area contributed by atoms with Crippen LogP contribution < -0.4 is 0 Å². The number of unbranched alkanes of at least 4 members (excludes halogenated alkanes) is 1. The first-order valence-electron chi connectivity index (χ1n) is 6.92. The highest BCUT2D eigenvalue weighted by atomic mass is 15.1. The Labute approximate surface area is 114 Å². The molecule has 0 spiro atoms. The zero-order chi connectivity index (χ0) is 14.2. The van der Waals surface area contributed by atoms with Crippen LogP contribution in [0.4, 0.5) is 0 Å². The van der Waals surface area contributed by atoms with Crippen molar-refractivity contribution in [2.45, 2.75) is 53.9 Å². The highest BCUT2D eigenvalue weighted by Crippen LogP contribution is 2.33. The summed E-state index contributed by atoms with van der Waals surface area (Å²) in [6.07, 6.45) is 7.24. The minimum atomic E-state index is 0.138. The van der Waals surface area contributed by atoms with E-state index in [1.165, 1.54) is 5.70 Å². The van der Waals surface area contributed by atoms with Gasteiger partial charge in [-0.05, 0) is 24.5 Å². The number of nitrogens with zero attached hydrogens (tertiary/aromatic N) is 1. The van der Waals surface area contributed by atoms with Crippen molar-refractivity contribution in [2.24, 2.45) is 11.3 Å². The van der Waals surface area contributed by atoms with Gasteiger partial charge in [-0.3, -0.25) is 0 Å². The Morgan fingerprint density at radius 2 is 1.94 bits per heavy atom. The monoisotopic (exact) mass is 247 g/mol. The topological polar surface area (TPSA) is 3.24 Å². The van der Waals surface area contributed by atoms with Gasteiger partial charge in [0.25, 0.3) is 0 Å². The van der Waals surface area contributed by atoms with E-state index in [4.69, 9.17) is 0 Å². The third-order valence-electron chi connectivity index (χ3n) is 2.88. The van der Waals surface area contributed by atoms with E-state index >= 15 is 0 Å². The predicted molar refractivity (Wildman–Crippen MR) is 82.0 cm³/mol. The van der Waals surface area contributed by atoms with E-state index in [2.05, 4.69) is 71.1 Å². The van der Waals surface area contributed by atoms with Gasteiger partial charge in [0, 0.05) is 19.2 Å². The van der Waals surface area contributed by atoms with Crippen LogP contribution in [-0.2, 0) is 0 Å². The molecule has 102 valence electrons. The Morgan fingerprint density at radius 3 is 2.33 bits per heavy atom. The van der Waals surface area contributed by atoms with Crippen LogP contribution in [0.5, 0.6) is 0 Å². The van der Waals surface area contributed by atoms with Crippen LogP contribution in [-0.4, -0.2) is 11.9 Å². The van der Waals surface area contributed by atoms with E-state index in [0.29, 0.717) is 0 Å². The van der Waals surface area contributed by atoms with E-state index < -0.39 is 0 Å². The van der Waals surface area contributed by atoms with Crippen molar-refractivity contribution in [3.05, 3.63) is 24.6 Å². The Morgan fingerprint density at radius 1 is 1.33 bits per heavy atom.